The van der Waals surface area contributed by atoms with Crippen molar-refractivity contribution < 1.29 is 9.59 Å². The topological polar surface area (TPSA) is 61.2 Å². The predicted molar refractivity (Wildman–Crippen MR) is 95.9 cm³/mol. The number of anilines is 1. The summed E-state index contributed by atoms with van der Waals surface area (Å²) in [6, 6.07) is 13.3. The smallest absolute Gasteiger partial charge is 0.238 e. The fourth-order valence-corrected chi connectivity index (χ4v) is 6.35. The van der Waals surface area contributed by atoms with Gasteiger partial charge in [0.25, 0.3) is 0 Å². The Morgan fingerprint density at radius 2 is 1.46 bits per heavy atom. The molecule has 4 nitrogen and oxygen atoms in total. The number of benzene rings is 2. The van der Waals surface area contributed by atoms with E-state index in [0.717, 1.165) is 23.6 Å². The Bertz CT molecular complexity index is 1000. The van der Waals surface area contributed by atoms with E-state index in [0.29, 0.717) is 34.9 Å². The summed E-state index contributed by atoms with van der Waals surface area (Å²) in [5.41, 5.74) is 1.22. The number of hydrogen-bond donors (Lipinski definition) is 0. The van der Waals surface area contributed by atoms with Crippen molar-refractivity contribution in [2.75, 3.05) is 4.90 Å². The van der Waals surface area contributed by atoms with Crippen molar-refractivity contribution in [2.45, 2.75) is 19.3 Å². The number of imide groups is 1. The fourth-order valence-electron chi connectivity index (χ4n) is 6.35. The summed E-state index contributed by atoms with van der Waals surface area (Å²) in [4.78, 5) is 28.1. The molecule has 2 aromatic carbocycles. The normalized spacial score (nSPS) is 36.8. The predicted octanol–water partition coefficient (Wildman–Crippen LogP) is 3.49. The molecule has 26 heavy (non-hydrogen) atoms. The van der Waals surface area contributed by atoms with Gasteiger partial charge in [0.05, 0.1) is 29.2 Å². The van der Waals surface area contributed by atoms with Crippen molar-refractivity contribution in [3.05, 3.63) is 42.0 Å². The maximum absolute atomic E-state index is 13.3. The van der Waals surface area contributed by atoms with Crippen molar-refractivity contribution in [1.82, 2.24) is 0 Å². The molecule has 0 spiro atoms. The molecular formula is C22H18N2O2. The number of carbonyl (C=O) groups excluding carboxylic acids is 2. The van der Waals surface area contributed by atoms with Crippen molar-refractivity contribution in [3.8, 4) is 6.07 Å². The molecule has 128 valence electrons. The van der Waals surface area contributed by atoms with Gasteiger partial charge in [0, 0.05) is 10.8 Å². The van der Waals surface area contributed by atoms with Crippen molar-refractivity contribution in [3.63, 3.8) is 0 Å². The highest BCUT2D eigenvalue weighted by atomic mass is 16.2. The van der Waals surface area contributed by atoms with Crippen LogP contribution in [0.15, 0.2) is 36.4 Å². The van der Waals surface area contributed by atoms with Gasteiger partial charge in [-0.05, 0) is 55.1 Å². The monoisotopic (exact) mass is 342 g/mol. The van der Waals surface area contributed by atoms with Crippen LogP contribution in [0.2, 0.25) is 0 Å². The van der Waals surface area contributed by atoms with Gasteiger partial charge in [-0.3, -0.25) is 9.59 Å². The van der Waals surface area contributed by atoms with Gasteiger partial charge in [-0.1, -0.05) is 24.3 Å². The standard InChI is InChI=1S/C22H18N2O2/c23-10-11-5-8-18(13-4-2-1-3-12(11)13)24-21(25)19-14-6-7-15(17-9-16(14)17)20(19)22(24)26/h1-5,8,14-17,19-20H,6-7,9H2/t14-,15+,16+,17-,19-,20+. The van der Waals surface area contributed by atoms with Crippen LogP contribution in [0, 0.1) is 46.8 Å². The Morgan fingerprint density at radius 1 is 0.846 bits per heavy atom. The summed E-state index contributed by atoms with van der Waals surface area (Å²) < 4.78 is 0. The molecule has 0 N–H and O–H groups in total. The molecule has 5 aliphatic rings. The third kappa shape index (κ3) is 1.60. The summed E-state index contributed by atoms with van der Waals surface area (Å²) in [5.74, 6) is 1.94. The Morgan fingerprint density at radius 3 is 2.08 bits per heavy atom. The summed E-state index contributed by atoms with van der Waals surface area (Å²) >= 11 is 0. The average molecular weight is 342 g/mol. The van der Waals surface area contributed by atoms with Crippen LogP contribution < -0.4 is 4.90 Å². The summed E-state index contributed by atoms with van der Waals surface area (Å²) in [6.07, 6.45) is 3.44. The molecule has 1 aliphatic heterocycles. The lowest BCUT2D eigenvalue weighted by atomic mass is 9.59. The van der Waals surface area contributed by atoms with Gasteiger partial charge in [0.15, 0.2) is 0 Å². The van der Waals surface area contributed by atoms with Gasteiger partial charge in [0.1, 0.15) is 0 Å². The Kier molecular flexibility index (Phi) is 2.64. The zero-order valence-corrected chi connectivity index (χ0v) is 14.3. The largest absolute Gasteiger partial charge is 0.274 e. The number of nitrogens with zero attached hydrogens (tertiary/aromatic N) is 2. The molecule has 4 heteroatoms. The van der Waals surface area contributed by atoms with Crippen molar-refractivity contribution in [1.29, 1.82) is 5.26 Å². The molecule has 1 heterocycles. The first-order valence-electron chi connectivity index (χ1n) is 9.50. The summed E-state index contributed by atoms with van der Waals surface area (Å²) in [6.45, 7) is 0. The van der Waals surface area contributed by atoms with Gasteiger partial charge in [-0.2, -0.15) is 5.26 Å². The van der Waals surface area contributed by atoms with Gasteiger partial charge in [-0.25, -0.2) is 4.90 Å². The van der Waals surface area contributed by atoms with Crippen molar-refractivity contribution in [2.24, 2.45) is 35.5 Å². The Hall–Kier alpha value is -2.67. The molecule has 2 bridgehead atoms. The lowest BCUT2D eigenvalue weighted by molar-refractivity contribution is -0.129. The quantitative estimate of drug-likeness (QED) is 0.745. The Labute approximate surface area is 151 Å². The van der Waals surface area contributed by atoms with E-state index in [1.165, 1.54) is 11.3 Å². The van der Waals surface area contributed by atoms with Crippen LogP contribution in [0.25, 0.3) is 10.8 Å². The van der Waals surface area contributed by atoms with Crippen LogP contribution in [0.5, 0.6) is 0 Å². The zero-order valence-electron chi connectivity index (χ0n) is 14.3. The van der Waals surface area contributed by atoms with E-state index in [9.17, 15) is 14.9 Å². The molecule has 2 amide bonds. The second kappa shape index (κ2) is 4.73. The van der Waals surface area contributed by atoms with E-state index >= 15 is 0 Å². The number of fused-ring (bicyclic) bond motifs is 2. The highest BCUT2D eigenvalue weighted by Gasteiger charge is 2.68. The third-order valence-electron chi connectivity index (χ3n) is 7.41. The van der Waals surface area contributed by atoms with Crippen LogP contribution >= 0.6 is 0 Å². The summed E-state index contributed by atoms with van der Waals surface area (Å²) in [5, 5.41) is 11.0. The number of nitriles is 1. The first kappa shape index (κ1) is 14.5. The molecule has 0 radical (unpaired) electrons. The van der Waals surface area contributed by atoms with E-state index in [2.05, 4.69) is 6.07 Å². The van der Waals surface area contributed by atoms with E-state index in [1.54, 1.807) is 12.1 Å². The highest BCUT2D eigenvalue weighted by molar-refractivity contribution is 6.25. The molecule has 4 aliphatic carbocycles. The van der Waals surface area contributed by atoms with E-state index in [-0.39, 0.29) is 23.7 Å². The van der Waals surface area contributed by atoms with Crippen LogP contribution in [0.4, 0.5) is 5.69 Å². The second-order valence-electron chi connectivity index (χ2n) is 8.32. The van der Waals surface area contributed by atoms with E-state index in [4.69, 9.17) is 0 Å². The molecule has 7 rings (SSSR count). The number of rotatable bonds is 1. The second-order valence-corrected chi connectivity index (χ2v) is 8.32. The first-order chi connectivity index (χ1) is 12.7. The lowest BCUT2D eigenvalue weighted by Crippen LogP contribution is -2.43. The minimum Gasteiger partial charge on any atom is -0.274 e. The SMILES string of the molecule is N#Cc1ccc(N2C(=O)[C@@H]3[C@@H]4CC[C@@H]([C@H]5C[C@H]54)[C@@H]3C2=O)c2ccccc12. The maximum atomic E-state index is 13.3. The van der Waals surface area contributed by atoms with Gasteiger partial charge in [-0.15, -0.1) is 0 Å². The minimum atomic E-state index is -0.112. The molecule has 0 aromatic heterocycles. The maximum Gasteiger partial charge on any atom is 0.238 e. The van der Waals surface area contributed by atoms with Gasteiger partial charge in [0.2, 0.25) is 11.8 Å². The zero-order chi connectivity index (χ0) is 17.6. The average Bonchev–Trinajstić information content (AvgIpc) is 3.45. The van der Waals surface area contributed by atoms with Gasteiger partial charge >= 0.3 is 0 Å². The number of carbonyl (C=O) groups is 2. The van der Waals surface area contributed by atoms with Crippen molar-refractivity contribution >= 4 is 28.3 Å². The Balaban J connectivity index is 1.51. The van der Waals surface area contributed by atoms with Crippen LogP contribution in [0.3, 0.4) is 0 Å². The van der Waals surface area contributed by atoms with Crippen LogP contribution in [0.1, 0.15) is 24.8 Å². The number of amides is 2. The fraction of sp³-hybridized carbons (Fsp3) is 0.409. The van der Waals surface area contributed by atoms with Crippen LogP contribution in [-0.2, 0) is 9.59 Å². The summed E-state index contributed by atoms with van der Waals surface area (Å²) in [7, 11) is 0. The van der Waals surface area contributed by atoms with E-state index in [1.807, 2.05) is 24.3 Å². The van der Waals surface area contributed by atoms with Gasteiger partial charge < -0.3 is 0 Å². The molecule has 5 fully saturated rings. The highest BCUT2D eigenvalue weighted by Crippen LogP contribution is 2.68. The van der Waals surface area contributed by atoms with Crippen LogP contribution in [-0.4, -0.2) is 11.8 Å². The number of hydrogen-bond acceptors (Lipinski definition) is 3. The minimum absolute atomic E-state index is 0.00471. The third-order valence-corrected chi connectivity index (χ3v) is 7.41. The van der Waals surface area contributed by atoms with E-state index < -0.39 is 0 Å². The molecular weight excluding hydrogens is 324 g/mol. The lowest BCUT2D eigenvalue weighted by Gasteiger charge is -2.42. The molecule has 0 unspecified atom stereocenters. The molecule has 4 saturated carbocycles. The molecule has 1 saturated heterocycles. The molecule has 6 atom stereocenters. The molecule has 2 aromatic rings. The first-order valence-corrected chi connectivity index (χ1v) is 9.50.